The second-order valence-electron chi connectivity index (χ2n) is 28.9. The van der Waals surface area contributed by atoms with Crippen LogP contribution in [-0.4, -0.2) is 293 Å². The molecule has 0 radical (unpaired) electrons. The van der Waals surface area contributed by atoms with Gasteiger partial charge >= 0.3 is 41.5 Å². The van der Waals surface area contributed by atoms with E-state index < -0.39 is 247 Å². The molecular weight excluding hydrogens is 1360 g/mol. The van der Waals surface area contributed by atoms with Gasteiger partial charge in [0.05, 0.1) is 50.5 Å². The SMILES string of the molecule is C=C(C)CCCC1(C)OC(=O)C23CCC4C(=CCC5C(C)(C)C(O[C@@H]6OC[C@@H](OS(=O)(=O)[O-])[C@H](O)[C@H]6O[C@@H]6O[C@H](CO)[C@@H](O[C@@H]7O[C@H](COS(=O)(=O)[O-])[C@@H](O)[C@H](O[C@@H]8O[C@H](CO)[C@@H](O)[C@H](OC)[C@H]8O)[C@H]7O)[C@H](O)[C@H]6O[C@@H]6OC[C@@H](O)[C@H](O)[C@H]6O)CC[C@]45C)[C@]2(C)CC(OC(C)=O)C13.[Na+]. The fourth-order valence-corrected chi connectivity index (χ4v) is 18.8. The van der Waals surface area contributed by atoms with E-state index in [9.17, 15) is 91.7 Å². The zero-order valence-electron chi connectivity index (χ0n) is 56.0. The average molecular weight is 1460 g/mol. The summed E-state index contributed by atoms with van der Waals surface area (Å²) in [5, 5.41) is 123. The molecule has 3 saturated carbocycles. The Balaban J connectivity index is 0.0000112. The minimum atomic E-state index is -5.61. The zero-order valence-corrected chi connectivity index (χ0v) is 59.6. The molecule has 556 valence electrons. The van der Waals surface area contributed by atoms with E-state index in [1.165, 1.54) is 6.92 Å². The Morgan fingerprint density at radius 2 is 1.26 bits per heavy atom. The largest absolute Gasteiger partial charge is 1.00 e. The van der Waals surface area contributed by atoms with Gasteiger partial charge in [0.2, 0.25) is 20.8 Å². The van der Waals surface area contributed by atoms with E-state index in [0.29, 0.717) is 51.4 Å². The summed E-state index contributed by atoms with van der Waals surface area (Å²) < 4.78 is 159. The number of methoxy groups -OCH3 is 1. The molecule has 0 bridgehead atoms. The number of hydrogen-bond acceptors (Lipinski definition) is 34. The number of hydrogen-bond donors (Lipinski definition) is 11. The third kappa shape index (κ3) is 15.2. The molecule has 6 heterocycles. The predicted octanol–water partition coefficient (Wildman–Crippen LogP) is -6.44. The minimum absolute atomic E-state index is 0. The number of aliphatic hydroxyl groups excluding tert-OH is 11. The van der Waals surface area contributed by atoms with Gasteiger partial charge < -0.3 is 127 Å². The van der Waals surface area contributed by atoms with E-state index in [2.05, 4.69) is 30.7 Å². The number of allylic oxidation sites excluding steroid dienone is 3. The van der Waals surface area contributed by atoms with Crippen molar-refractivity contribution in [3.8, 4) is 0 Å². The van der Waals surface area contributed by atoms with Crippen molar-refractivity contribution >= 4 is 32.7 Å². The van der Waals surface area contributed by atoms with Gasteiger partial charge in [-0.2, -0.15) is 0 Å². The normalized spacial score (nSPS) is 47.8. The third-order valence-corrected chi connectivity index (χ3v) is 23.5. The van der Waals surface area contributed by atoms with Gasteiger partial charge in [0.25, 0.3) is 0 Å². The molecule has 4 aliphatic carbocycles. The summed E-state index contributed by atoms with van der Waals surface area (Å²) in [7, 11) is -10.1. The molecule has 37 heteroatoms. The first kappa shape index (κ1) is 80.4. The van der Waals surface area contributed by atoms with Gasteiger partial charge in [-0.15, -0.1) is 6.58 Å². The van der Waals surface area contributed by atoms with Crippen molar-refractivity contribution in [3.05, 3.63) is 23.8 Å². The topological polar surface area (TPSA) is 510 Å². The molecule has 0 amide bonds. The van der Waals surface area contributed by atoms with Crippen LogP contribution in [0.3, 0.4) is 0 Å². The first-order valence-electron chi connectivity index (χ1n) is 32.6. The van der Waals surface area contributed by atoms with Crippen LogP contribution in [0.2, 0.25) is 0 Å². The molecule has 0 aromatic rings. The van der Waals surface area contributed by atoms with Gasteiger partial charge in [0.1, 0.15) is 122 Å². The maximum atomic E-state index is 14.8. The summed E-state index contributed by atoms with van der Waals surface area (Å²) in [6, 6.07) is 0. The Morgan fingerprint density at radius 3 is 1.88 bits per heavy atom. The molecule has 6 saturated heterocycles. The van der Waals surface area contributed by atoms with E-state index in [0.717, 1.165) is 24.7 Å². The quantitative estimate of drug-likeness (QED) is 0.0149. The molecule has 34 nitrogen and oxygen atoms in total. The van der Waals surface area contributed by atoms with Crippen molar-refractivity contribution in [1.82, 2.24) is 0 Å². The summed E-state index contributed by atoms with van der Waals surface area (Å²) >= 11 is 0. The summed E-state index contributed by atoms with van der Waals surface area (Å²) in [6.45, 7) is 12.7. The smallest absolute Gasteiger partial charge is 0.726 e. The van der Waals surface area contributed by atoms with Gasteiger partial charge in [-0.1, -0.05) is 44.9 Å². The van der Waals surface area contributed by atoms with Crippen LogP contribution in [0.25, 0.3) is 0 Å². The Hall–Kier alpha value is -1.72. The van der Waals surface area contributed by atoms with E-state index in [1.807, 2.05) is 27.7 Å². The van der Waals surface area contributed by atoms with Crippen molar-refractivity contribution in [3.63, 3.8) is 0 Å². The standard InChI is InChI=1S/C61H96O34S2.Na/c1-25(2)11-10-16-60(8)50-30(85-26(3)64)19-59(7)28-12-13-35-57(4,5)36(15-17-58(35,6)27(28)14-18-61(50,59)56(74)94-60)89-54-48(40(69)34(23-83-54)95-97(78,79)80)93-55-49(92-51-41(70)37(66)29(65)22-82-51)42(71)45(32(21-63)87-55)90-53-44(73)47(39(68)33(88-53)24-84-96(75,76)77)91-52-43(72)46(81-9)38(67)31(20-62)86-52;/h12,27,29-55,62-63,65-73H,1,10-11,13-24H2,2-9H3,(H,75,76,77)(H,78,79,80);/q;+1/p-2/t27?,29-,30?,31-,32-,33-,34-,35?,36?,37+,38-,39-,40+,41-,42+,43-,44-,45-,46+,47+,48-,49-,50?,51+,52+,53+,54+,55+,58-,59+,60?,61?;/m1./s1. The van der Waals surface area contributed by atoms with Crippen molar-refractivity contribution in [2.75, 3.05) is 40.1 Å². The van der Waals surface area contributed by atoms with Crippen LogP contribution in [0.4, 0.5) is 0 Å². The van der Waals surface area contributed by atoms with Gasteiger partial charge in [-0.05, 0) is 94.3 Å². The van der Waals surface area contributed by atoms with Crippen molar-refractivity contribution in [1.29, 1.82) is 0 Å². The van der Waals surface area contributed by atoms with Crippen LogP contribution in [0, 0.1) is 39.4 Å². The van der Waals surface area contributed by atoms with Crippen LogP contribution in [0.15, 0.2) is 23.8 Å². The number of carbonyl (C=O) groups is 2. The third-order valence-electron chi connectivity index (χ3n) is 22.6. The van der Waals surface area contributed by atoms with Crippen molar-refractivity contribution in [2.45, 2.75) is 265 Å². The maximum Gasteiger partial charge on any atom is 1.00 e. The maximum absolute atomic E-state index is 14.8. The van der Waals surface area contributed by atoms with Crippen LogP contribution in [-0.2, 0) is 100 Å². The van der Waals surface area contributed by atoms with E-state index >= 15 is 0 Å². The number of aliphatic hydroxyl groups is 11. The Labute approximate surface area is 589 Å². The molecule has 11 N–H and O–H groups in total. The second kappa shape index (κ2) is 30.6. The molecule has 32 atom stereocenters. The molecule has 6 aliphatic heterocycles. The molecule has 10 aliphatic rings. The fourth-order valence-electron chi connectivity index (χ4n) is 18.0. The van der Waals surface area contributed by atoms with E-state index in [1.54, 1.807) is 0 Å². The van der Waals surface area contributed by atoms with Crippen molar-refractivity contribution in [2.24, 2.45) is 39.4 Å². The van der Waals surface area contributed by atoms with Crippen molar-refractivity contribution < 1.29 is 191 Å². The fraction of sp³-hybridized carbons (Fsp3) is 0.902. The average Bonchev–Trinajstić information content (AvgIpc) is 1.46. The molecular formula is C61H94NaO34S2-. The van der Waals surface area contributed by atoms with Crippen LogP contribution in [0.5, 0.6) is 0 Å². The zero-order chi connectivity index (χ0) is 71.2. The van der Waals surface area contributed by atoms with E-state index in [-0.39, 0.29) is 47.4 Å². The Kier molecular flexibility index (Phi) is 25.1. The van der Waals surface area contributed by atoms with E-state index in [4.69, 9.17) is 65.8 Å². The molecule has 10 rings (SSSR count). The number of carbonyl (C=O) groups excluding carboxylic acids is 2. The van der Waals surface area contributed by atoms with Gasteiger partial charge in [-0.3, -0.25) is 18.0 Å². The number of fused-ring (bicyclic) bond motifs is 4. The molecule has 1 spiro atoms. The Bertz CT molecular complexity index is 3080. The number of ether oxygens (including phenoxy) is 13. The van der Waals surface area contributed by atoms with Gasteiger partial charge in [-0.25, -0.2) is 16.8 Å². The molecule has 7 unspecified atom stereocenters. The summed E-state index contributed by atoms with van der Waals surface area (Å²) in [5.41, 5.74) is -1.88. The van der Waals surface area contributed by atoms with Crippen LogP contribution < -0.4 is 29.6 Å². The van der Waals surface area contributed by atoms with Gasteiger partial charge in [0, 0.05) is 19.4 Å². The van der Waals surface area contributed by atoms with Crippen LogP contribution in [0.1, 0.15) is 106 Å². The summed E-state index contributed by atoms with van der Waals surface area (Å²) in [5.74, 6) is -1.44. The molecule has 9 fully saturated rings. The Morgan fingerprint density at radius 1 is 0.663 bits per heavy atom. The van der Waals surface area contributed by atoms with Crippen LogP contribution >= 0.6 is 0 Å². The summed E-state index contributed by atoms with van der Waals surface area (Å²) in [6.07, 6.45) is -40.7. The number of cyclic esters (lactones) is 1. The second-order valence-corrected chi connectivity index (χ2v) is 31.0. The molecule has 0 aromatic heterocycles. The monoisotopic (exact) mass is 1460 g/mol. The molecule has 98 heavy (non-hydrogen) atoms. The first-order chi connectivity index (χ1) is 45.3. The van der Waals surface area contributed by atoms with Gasteiger partial charge in [0.15, 0.2) is 31.5 Å². The number of esters is 2. The number of rotatable bonds is 23. The first-order valence-corrected chi connectivity index (χ1v) is 35.3. The predicted molar refractivity (Wildman–Crippen MR) is 316 cm³/mol. The summed E-state index contributed by atoms with van der Waals surface area (Å²) in [4.78, 5) is 27.7. The molecule has 0 aromatic carbocycles. The minimum Gasteiger partial charge on any atom is -0.726 e.